The summed E-state index contributed by atoms with van der Waals surface area (Å²) >= 11 is 0. The third-order valence-electron chi connectivity index (χ3n) is 4.22. The van der Waals surface area contributed by atoms with Crippen LogP contribution in [0.25, 0.3) is 0 Å². The lowest BCUT2D eigenvalue weighted by Gasteiger charge is -2.24. The molecule has 22 heavy (non-hydrogen) atoms. The van der Waals surface area contributed by atoms with Gasteiger partial charge >= 0.3 is 5.97 Å². The first-order valence-electron chi connectivity index (χ1n) is 7.85. The number of aromatic nitrogens is 2. The van der Waals surface area contributed by atoms with Crippen LogP contribution < -0.4 is 0 Å². The van der Waals surface area contributed by atoms with Gasteiger partial charge in [0.25, 0.3) is 0 Å². The second kappa shape index (κ2) is 6.51. The van der Waals surface area contributed by atoms with Gasteiger partial charge in [-0.05, 0) is 51.7 Å². The van der Waals surface area contributed by atoms with Crippen LogP contribution in [0.15, 0.2) is 35.3 Å². The van der Waals surface area contributed by atoms with Gasteiger partial charge < -0.3 is 9.72 Å². The van der Waals surface area contributed by atoms with Crippen molar-refractivity contribution in [3.63, 3.8) is 0 Å². The van der Waals surface area contributed by atoms with Crippen molar-refractivity contribution in [1.29, 1.82) is 0 Å². The summed E-state index contributed by atoms with van der Waals surface area (Å²) in [6, 6.07) is 0. The summed E-state index contributed by atoms with van der Waals surface area (Å²) in [5.74, 6) is 0.127. The molecule has 0 unspecified atom stereocenters. The van der Waals surface area contributed by atoms with Gasteiger partial charge in [0.2, 0.25) is 0 Å². The maximum atomic E-state index is 11.9. The number of allylic oxidation sites excluding steroid dienone is 2. The average Bonchev–Trinajstić information content (AvgIpc) is 2.98. The Morgan fingerprint density at radius 1 is 1.45 bits per heavy atom. The van der Waals surface area contributed by atoms with Gasteiger partial charge in [-0.1, -0.05) is 18.6 Å². The largest absolute Gasteiger partial charge is 0.460 e. The van der Waals surface area contributed by atoms with Crippen molar-refractivity contribution < 1.29 is 9.53 Å². The van der Waals surface area contributed by atoms with Crippen LogP contribution in [0.5, 0.6) is 0 Å². The summed E-state index contributed by atoms with van der Waals surface area (Å²) in [4.78, 5) is 19.3. The number of carbonyl (C=O) groups is 1. The van der Waals surface area contributed by atoms with E-state index in [1.165, 1.54) is 11.1 Å². The number of esters is 1. The molecule has 120 valence electrons. The lowest BCUT2D eigenvalue weighted by atomic mass is 9.84. The van der Waals surface area contributed by atoms with Crippen LogP contribution in [0.1, 0.15) is 59.1 Å². The van der Waals surface area contributed by atoms with Crippen molar-refractivity contribution >= 4 is 5.97 Å². The van der Waals surface area contributed by atoms with Crippen molar-refractivity contribution in [2.24, 2.45) is 5.41 Å². The zero-order chi connectivity index (χ0) is 16.3. The molecule has 1 heterocycles. The Kier molecular flexibility index (Phi) is 4.89. The Morgan fingerprint density at radius 2 is 2.18 bits per heavy atom. The number of hydrogen-bond donors (Lipinski definition) is 1. The molecule has 1 atom stereocenters. The van der Waals surface area contributed by atoms with E-state index in [1.807, 2.05) is 27.0 Å². The summed E-state index contributed by atoms with van der Waals surface area (Å²) in [7, 11) is 0. The first kappa shape index (κ1) is 16.5. The van der Waals surface area contributed by atoms with Crippen molar-refractivity contribution in [2.45, 2.75) is 53.4 Å². The number of H-pyrrole nitrogens is 1. The first-order valence-corrected chi connectivity index (χ1v) is 7.85. The number of rotatable bonds is 4. The van der Waals surface area contributed by atoms with E-state index in [-0.39, 0.29) is 11.9 Å². The molecular weight excluding hydrogens is 276 g/mol. The molecule has 1 aromatic rings. The number of imidazole rings is 1. The van der Waals surface area contributed by atoms with Gasteiger partial charge in [0, 0.05) is 12.1 Å². The molecule has 0 saturated carbocycles. The predicted octanol–water partition coefficient (Wildman–Crippen LogP) is 4.14. The molecule has 0 spiro atoms. The lowest BCUT2D eigenvalue weighted by Crippen LogP contribution is -2.24. The zero-order valence-electron chi connectivity index (χ0n) is 14.2. The fourth-order valence-corrected chi connectivity index (χ4v) is 2.70. The minimum Gasteiger partial charge on any atom is -0.460 e. The van der Waals surface area contributed by atoms with Gasteiger partial charge in [-0.3, -0.25) is 4.79 Å². The number of aromatic amines is 1. The monoisotopic (exact) mass is 302 g/mol. The summed E-state index contributed by atoms with van der Waals surface area (Å²) < 4.78 is 5.47. The van der Waals surface area contributed by atoms with E-state index < -0.39 is 5.41 Å². The third kappa shape index (κ3) is 3.67. The Labute approximate surface area is 132 Å². The maximum absolute atomic E-state index is 11.9. The summed E-state index contributed by atoms with van der Waals surface area (Å²) in [5, 5.41) is 0. The lowest BCUT2D eigenvalue weighted by molar-refractivity contribution is -0.151. The standard InChI is InChI=1S/C18H26N2O2/c1-12-14(10-22-17(21)18(3,4)5)7-6-8-15(12)13(2)16-9-19-11-20-16/h7,9,11,13H,6,8,10H2,1-5H3,(H,19,20)/t13-/m0/s1. The molecule has 4 heteroatoms. The predicted molar refractivity (Wildman–Crippen MR) is 87.4 cm³/mol. The van der Waals surface area contributed by atoms with Gasteiger partial charge in [-0.15, -0.1) is 0 Å². The molecular formula is C18H26N2O2. The minimum absolute atomic E-state index is 0.159. The molecule has 0 aromatic carbocycles. The highest BCUT2D eigenvalue weighted by Crippen LogP contribution is 2.34. The molecule has 1 N–H and O–H groups in total. The fraction of sp³-hybridized carbons (Fsp3) is 0.556. The number of ether oxygens (including phenoxy) is 1. The van der Waals surface area contributed by atoms with Crippen LogP contribution in [-0.2, 0) is 9.53 Å². The zero-order valence-corrected chi connectivity index (χ0v) is 14.2. The topological polar surface area (TPSA) is 55.0 Å². The Morgan fingerprint density at radius 3 is 2.77 bits per heavy atom. The van der Waals surface area contributed by atoms with E-state index in [0.717, 1.165) is 24.1 Å². The van der Waals surface area contributed by atoms with Crippen molar-refractivity contribution in [3.05, 3.63) is 41.0 Å². The van der Waals surface area contributed by atoms with Crippen molar-refractivity contribution in [2.75, 3.05) is 6.61 Å². The number of nitrogens with one attached hydrogen (secondary N) is 1. The summed E-state index contributed by atoms with van der Waals surface area (Å²) in [5.41, 5.74) is 4.35. The van der Waals surface area contributed by atoms with Gasteiger partial charge in [-0.2, -0.15) is 0 Å². The second-order valence-electron chi connectivity index (χ2n) is 6.96. The fourth-order valence-electron chi connectivity index (χ4n) is 2.70. The van der Waals surface area contributed by atoms with Gasteiger partial charge in [0.15, 0.2) is 0 Å². The molecule has 0 amide bonds. The quantitative estimate of drug-likeness (QED) is 0.850. The van der Waals surface area contributed by atoms with Crippen molar-refractivity contribution in [3.8, 4) is 0 Å². The van der Waals surface area contributed by atoms with E-state index in [2.05, 4.69) is 29.9 Å². The minimum atomic E-state index is -0.460. The molecule has 0 radical (unpaired) electrons. The van der Waals surface area contributed by atoms with Crippen molar-refractivity contribution in [1.82, 2.24) is 9.97 Å². The normalized spacial score (nSPS) is 17.2. The van der Waals surface area contributed by atoms with Gasteiger partial charge in [0.05, 0.1) is 17.4 Å². The van der Waals surface area contributed by atoms with Crippen LogP contribution in [0, 0.1) is 5.41 Å². The molecule has 0 saturated heterocycles. The molecule has 1 aliphatic carbocycles. The van der Waals surface area contributed by atoms with Crippen LogP contribution in [0.3, 0.4) is 0 Å². The smallest absolute Gasteiger partial charge is 0.311 e. The highest BCUT2D eigenvalue weighted by molar-refractivity contribution is 5.75. The molecule has 1 aliphatic rings. The molecule has 0 bridgehead atoms. The summed E-state index contributed by atoms with van der Waals surface area (Å²) in [6.07, 6.45) is 7.88. The van der Waals surface area contributed by atoms with Crippen LogP contribution >= 0.6 is 0 Å². The Bertz CT molecular complexity index is 589. The molecule has 1 aromatic heterocycles. The molecule has 4 nitrogen and oxygen atoms in total. The Hall–Kier alpha value is -1.84. The molecule has 2 rings (SSSR count). The Balaban J connectivity index is 2.10. The van der Waals surface area contributed by atoms with Crippen LogP contribution in [-0.4, -0.2) is 22.5 Å². The van der Waals surface area contributed by atoms with E-state index in [1.54, 1.807) is 6.33 Å². The number of hydrogen-bond acceptors (Lipinski definition) is 3. The second-order valence-corrected chi connectivity index (χ2v) is 6.96. The van der Waals surface area contributed by atoms with E-state index >= 15 is 0 Å². The molecule has 0 fully saturated rings. The SMILES string of the molecule is CC1=C([C@H](C)c2c[nH]cn2)CCC=C1COC(=O)C(C)(C)C. The van der Waals surface area contributed by atoms with E-state index in [9.17, 15) is 4.79 Å². The average molecular weight is 302 g/mol. The molecule has 0 aliphatic heterocycles. The van der Waals surface area contributed by atoms with Crippen LogP contribution in [0.2, 0.25) is 0 Å². The highest BCUT2D eigenvalue weighted by Gasteiger charge is 2.25. The van der Waals surface area contributed by atoms with Gasteiger partial charge in [0.1, 0.15) is 6.61 Å². The summed E-state index contributed by atoms with van der Waals surface area (Å²) in [6.45, 7) is 10.3. The maximum Gasteiger partial charge on any atom is 0.311 e. The first-order chi connectivity index (χ1) is 10.3. The van der Waals surface area contributed by atoms with Crippen LogP contribution in [0.4, 0.5) is 0 Å². The highest BCUT2D eigenvalue weighted by atomic mass is 16.5. The number of carbonyl (C=O) groups excluding carboxylic acids is 1. The number of nitrogens with zero attached hydrogens (tertiary/aromatic N) is 1. The van der Waals surface area contributed by atoms with E-state index in [4.69, 9.17) is 4.74 Å². The van der Waals surface area contributed by atoms with Gasteiger partial charge in [-0.25, -0.2) is 4.98 Å². The third-order valence-corrected chi connectivity index (χ3v) is 4.22. The van der Waals surface area contributed by atoms with E-state index in [0.29, 0.717) is 6.61 Å².